The number of hydrogen-bond donors (Lipinski definition) is 1. The van der Waals surface area contributed by atoms with E-state index in [0.717, 1.165) is 6.04 Å². The molecule has 1 rings (SSSR count). The van der Waals surface area contributed by atoms with Crippen molar-refractivity contribution in [2.75, 3.05) is 26.2 Å². The summed E-state index contributed by atoms with van der Waals surface area (Å²) in [6, 6.07) is 0.744. The fourth-order valence-electron chi connectivity index (χ4n) is 1.50. The molecule has 1 saturated heterocycles. The molecule has 1 fully saturated rings. The van der Waals surface area contributed by atoms with Crippen LogP contribution in [0.1, 0.15) is 20.3 Å². The Labute approximate surface area is 75.8 Å². The fraction of sp³-hybridized carbons (Fsp3) is 1.00. The lowest BCUT2D eigenvalue weighted by Crippen LogP contribution is -2.49. The molecule has 1 atom stereocenters. The van der Waals surface area contributed by atoms with Crippen LogP contribution in [-0.4, -0.2) is 37.1 Å². The van der Waals surface area contributed by atoms with Gasteiger partial charge in [-0.15, -0.1) is 12.4 Å². The largest absolute Gasteiger partial charge is 0.314 e. The summed E-state index contributed by atoms with van der Waals surface area (Å²) in [4.78, 5) is 2.55. The number of rotatable bonds is 2. The molecule has 0 saturated carbocycles. The van der Waals surface area contributed by atoms with Crippen molar-refractivity contribution in [1.82, 2.24) is 10.2 Å². The van der Waals surface area contributed by atoms with Crippen LogP contribution in [0.15, 0.2) is 0 Å². The highest BCUT2D eigenvalue weighted by atomic mass is 35.5. The molecule has 0 aromatic carbocycles. The molecule has 0 bridgehead atoms. The van der Waals surface area contributed by atoms with Crippen molar-refractivity contribution in [2.45, 2.75) is 26.3 Å². The van der Waals surface area contributed by atoms with Crippen LogP contribution in [-0.2, 0) is 0 Å². The van der Waals surface area contributed by atoms with Gasteiger partial charge in [0.15, 0.2) is 0 Å². The van der Waals surface area contributed by atoms with Gasteiger partial charge < -0.3 is 5.32 Å². The zero-order valence-electron chi connectivity index (χ0n) is 7.47. The Hall–Kier alpha value is 0.210. The molecule has 1 aliphatic heterocycles. The predicted octanol–water partition coefficient (Wildman–Crippen LogP) is 1.11. The maximum absolute atomic E-state index is 3.38. The van der Waals surface area contributed by atoms with Crippen molar-refractivity contribution < 1.29 is 0 Å². The van der Waals surface area contributed by atoms with Crippen LogP contribution in [0.3, 0.4) is 0 Å². The maximum Gasteiger partial charge on any atom is 0.0192 e. The summed E-state index contributed by atoms with van der Waals surface area (Å²) in [5.41, 5.74) is 0. The highest BCUT2D eigenvalue weighted by molar-refractivity contribution is 5.85. The summed E-state index contributed by atoms with van der Waals surface area (Å²) in [7, 11) is 0. The lowest BCUT2D eigenvalue weighted by molar-refractivity contribution is 0.174. The molecule has 0 amide bonds. The van der Waals surface area contributed by atoms with Gasteiger partial charge in [0.25, 0.3) is 0 Å². The van der Waals surface area contributed by atoms with Gasteiger partial charge in [-0.25, -0.2) is 0 Å². The van der Waals surface area contributed by atoms with Crippen molar-refractivity contribution in [1.29, 1.82) is 0 Å². The van der Waals surface area contributed by atoms with Gasteiger partial charge in [-0.1, -0.05) is 6.92 Å². The molecule has 0 spiro atoms. The zero-order valence-corrected chi connectivity index (χ0v) is 8.28. The molecule has 1 heterocycles. The molecule has 0 radical (unpaired) electrons. The minimum atomic E-state index is 0. The van der Waals surface area contributed by atoms with Crippen LogP contribution in [0.4, 0.5) is 0 Å². The molecular formula is C8H19ClN2. The maximum atomic E-state index is 3.38. The van der Waals surface area contributed by atoms with Crippen LogP contribution >= 0.6 is 12.4 Å². The van der Waals surface area contributed by atoms with Crippen molar-refractivity contribution in [3.8, 4) is 0 Å². The summed E-state index contributed by atoms with van der Waals surface area (Å²) in [5.74, 6) is 0. The van der Waals surface area contributed by atoms with Crippen LogP contribution < -0.4 is 5.32 Å². The molecule has 0 aromatic heterocycles. The number of hydrogen-bond acceptors (Lipinski definition) is 2. The third-order valence-electron chi connectivity index (χ3n) is 2.15. The van der Waals surface area contributed by atoms with Gasteiger partial charge in [0.05, 0.1) is 0 Å². The molecule has 0 aliphatic carbocycles. The highest BCUT2D eigenvalue weighted by Gasteiger charge is 2.15. The number of nitrogens with one attached hydrogen (secondary N) is 1. The fourth-order valence-corrected chi connectivity index (χ4v) is 1.50. The van der Waals surface area contributed by atoms with E-state index in [4.69, 9.17) is 0 Å². The Morgan fingerprint density at radius 1 is 1.55 bits per heavy atom. The van der Waals surface area contributed by atoms with Gasteiger partial charge in [0, 0.05) is 25.7 Å². The number of halogens is 1. The van der Waals surface area contributed by atoms with Crippen LogP contribution in [0, 0.1) is 0 Å². The molecule has 1 aliphatic rings. The van der Waals surface area contributed by atoms with E-state index in [1.54, 1.807) is 0 Å². The van der Waals surface area contributed by atoms with Crippen LogP contribution in [0.25, 0.3) is 0 Å². The average Bonchev–Trinajstić information content (AvgIpc) is 1.94. The van der Waals surface area contributed by atoms with Gasteiger partial charge in [0.1, 0.15) is 0 Å². The molecule has 0 unspecified atom stereocenters. The van der Waals surface area contributed by atoms with E-state index in [1.165, 1.54) is 32.6 Å². The van der Waals surface area contributed by atoms with E-state index in [0.29, 0.717) is 0 Å². The summed E-state index contributed by atoms with van der Waals surface area (Å²) >= 11 is 0. The SMILES string of the molecule is CCCN1CCNC[C@H]1C.Cl. The number of piperazine rings is 1. The second kappa shape index (κ2) is 5.81. The van der Waals surface area contributed by atoms with Gasteiger partial charge in [-0.2, -0.15) is 0 Å². The second-order valence-corrected chi connectivity index (χ2v) is 3.09. The van der Waals surface area contributed by atoms with Crippen LogP contribution in [0.5, 0.6) is 0 Å². The standard InChI is InChI=1S/C8H18N2.ClH/c1-3-5-10-6-4-9-7-8(10)2;/h8-9H,3-7H2,1-2H3;1H/t8-;/m1./s1. The van der Waals surface area contributed by atoms with E-state index in [1.807, 2.05) is 0 Å². The van der Waals surface area contributed by atoms with E-state index >= 15 is 0 Å². The molecule has 2 nitrogen and oxygen atoms in total. The molecule has 68 valence electrons. The Balaban J connectivity index is 0.000001000. The van der Waals surface area contributed by atoms with E-state index in [9.17, 15) is 0 Å². The van der Waals surface area contributed by atoms with Crippen molar-refractivity contribution >= 4 is 12.4 Å². The third-order valence-corrected chi connectivity index (χ3v) is 2.15. The highest BCUT2D eigenvalue weighted by Crippen LogP contribution is 2.01. The predicted molar refractivity (Wildman–Crippen MR) is 51.4 cm³/mol. The molecule has 11 heavy (non-hydrogen) atoms. The van der Waals surface area contributed by atoms with E-state index in [2.05, 4.69) is 24.1 Å². The molecule has 3 heteroatoms. The first kappa shape index (κ1) is 11.2. The van der Waals surface area contributed by atoms with Gasteiger partial charge in [-0.3, -0.25) is 4.90 Å². The van der Waals surface area contributed by atoms with Crippen molar-refractivity contribution in [3.63, 3.8) is 0 Å². The normalized spacial score (nSPS) is 26.2. The average molecular weight is 179 g/mol. The Morgan fingerprint density at radius 2 is 2.27 bits per heavy atom. The van der Waals surface area contributed by atoms with Gasteiger partial charge >= 0.3 is 0 Å². The Bertz CT molecular complexity index is 96.1. The summed E-state index contributed by atoms with van der Waals surface area (Å²) < 4.78 is 0. The minimum Gasteiger partial charge on any atom is -0.314 e. The monoisotopic (exact) mass is 178 g/mol. The zero-order chi connectivity index (χ0) is 7.40. The van der Waals surface area contributed by atoms with Crippen molar-refractivity contribution in [3.05, 3.63) is 0 Å². The first-order valence-corrected chi connectivity index (χ1v) is 4.29. The molecule has 0 aromatic rings. The number of nitrogens with zero attached hydrogens (tertiary/aromatic N) is 1. The lowest BCUT2D eigenvalue weighted by Gasteiger charge is -2.33. The van der Waals surface area contributed by atoms with Gasteiger partial charge in [-0.05, 0) is 19.9 Å². The topological polar surface area (TPSA) is 15.3 Å². The summed E-state index contributed by atoms with van der Waals surface area (Å²) in [6.07, 6.45) is 1.28. The Kier molecular flexibility index (Phi) is 5.92. The first-order chi connectivity index (χ1) is 4.84. The quantitative estimate of drug-likeness (QED) is 0.682. The third kappa shape index (κ3) is 3.41. The van der Waals surface area contributed by atoms with E-state index < -0.39 is 0 Å². The van der Waals surface area contributed by atoms with Gasteiger partial charge in [0.2, 0.25) is 0 Å². The van der Waals surface area contributed by atoms with E-state index in [-0.39, 0.29) is 12.4 Å². The molecule has 1 N–H and O–H groups in total. The second-order valence-electron chi connectivity index (χ2n) is 3.09. The summed E-state index contributed by atoms with van der Waals surface area (Å²) in [5, 5.41) is 3.38. The summed E-state index contributed by atoms with van der Waals surface area (Å²) in [6.45, 7) is 9.37. The first-order valence-electron chi connectivity index (χ1n) is 4.29. The van der Waals surface area contributed by atoms with Crippen LogP contribution in [0.2, 0.25) is 0 Å². The minimum absolute atomic E-state index is 0. The van der Waals surface area contributed by atoms with Crippen molar-refractivity contribution in [2.24, 2.45) is 0 Å². The Morgan fingerprint density at radius 3 is 2.82 bits per heavy atom. The smallest absolute Gasteiger partial charge is 0.0192 e. The molecular weight excluding hydrogens is 160 g/mol. The lowest BCUT2D eigenvalue weighted by atomic mass is 10.2.